The molecule has 2 atom stereocenters. The Bertz CT molecular complexity index is 590. The minimum absolute atomic E-state index is 0.00328. The van der Waals surface area contributed by atoms with Crippen LogP contribution in [0, 0.1) is 17.2 Å². The van der Waals surface area contributed by atoms with Gasteiger partial charge in [-0.2, -0.15) is 10.4 Å². The minimum Gasteiger partial charge on any atom is -0.334 e. The predicted molar refractivity (Wildman–Crippen MR) is 89.9 cm³/mol. The second-order valence-electron chi connectivity index (χ2n) is 6.72. The van der Waals surface area contributed by atoms with E-state index in [2.05, 4.69) is 25.0 Å². The third-order valence-electron chi connectivity index (χ3n) is 4.59. The van der Waals surface area contributed by atoms with Gasteiger partial charge in [0.15, 0.2) is 0 Å². The highest BCUT2D eigenvalue weighted by molar-refractivity contribution is 6.27. The Hall–Kier alpha value is -1.54. The number of hydrogen-bond donors (Lipinski definition) is 0. The maximum Gasteiger partial charge on any atom is 0.238 e. The number of carbonyl (C=O) groups excluding carboxylic acids is 1. The number of carbonyl (C=O) groups is 1. The lowest BCUT2D eigenvalue weighted by molar-refractivity contribution is -0.131. The first kappa shape index (κ1) is 17.8. The van der Waals surface area contributed by atoms with E-state index in [0.29, 0.717) is 24.8 Å². The molecule has 1 aromatic rings. The van der Waals surface area contributed by atoms with Crippen molar-refractivity contribution in [1.82, 2.24) is 14.7 Å². The Morgan fingerprint density at radius 3 is 2.91 bits per heavy atom. The number of hydrogen-bond acceptors (Lipinski definition) is 3. The normalized spacial score (nSPS) is 20.7. The zero-order chi connectivity index (χ0) is 17.0. The summed E-state index contributed by atoms with van der Waals surface area (Å²) in [5.74, 6) is 0.674. The van der Waals surface area contributed by atoms with E-state index in [4.69, 9.17) is 16.9 Å². The van der Waals surface area contributed by atoms with Gasteiger partial charge in [-0.15, -0.1) is 11.6 Å². The summed E-state index contributed by atoms with van der Waals surface area (Å²) >= 11 is 5.83. The van der Waals surface area contributed by atoms with Gasteiger partial charge in [0.25, 0.3) is 0 Å². The van der Waals surface area contributed by atoms with E-state index in [9.17, 15) is 4.79 Å². The Kier molecular flexibility index (Phi) is 6.06. The van der Waals surface area contributed by atoms with E-state index in [1.807, 2.05) is 18.1 Å². The fourth-order valence-electron chi connectivity index (χ4n) is 3.49. The van der Waals surface area contributed by atoms with Crippen molar-refractivity contribution in [2.24, 2.45) is 13.0 Å². The van der Waals surface area contributed by atoms with Gasteiger partial charge in [-0.25, -0.2) is 0 Å². The van der Waals surface area contributed by atoms with Crippen LogP contribution in [0.1, 0.15) is 56.7 Å². The van der Waals surface area contributed by atoms with E-state index >= 15 is 0 Å². The Balaban J connectivity index is 2.17. The zero-order valence-electron chi connectivity index (χ0n) is 14.1. The number of amides is 1. The van der Waals surface area contributed by atoms with Crippen molar-refractivity contribution in [3.8, 4) is 6.07 Å². The summed E-state index contributed by atoms with van der Waals surface area (Å²) in [6.07, 6.45) is 5.42. The van der Waals surface area contributed by atoms with E-state index in [1.165, 1.54) is 0 Å². The molecule has 1 saturated carbocycles. The maximum atomic E-state index is 12.4. The fourth-order valence-corrected chi connectivity index (χ4v) is 3.64. The van der Waals surface area contributed by atoms with Gasteiger partial charge in [-0.3, -0.25) is 9.48 Å². The summed E-state index contributed by atoms with van der Waals surface area (Å²) < 4.78 is 1.81. The van der Waals surface area contributed by atoms with Crippen molar-refractivity contribution in [1.29, 1.82) is 5.26 Å². The highest BCUT2D eigenvalue weighted by atomic mass is 35.5. The number of rotatable bonds is 6. The molecule has 0 bridgehead atoms. The van der Waals surface area contributed by atoms with Crippen LogP contribution in [0.3, 0.4) is 0 Å². The van der Waals surface area contributed by atoms with Crippen molar-refractivity contribution in [2.45, 2.75) is 58.0 Å². The van der Waals surface area contributed by atoms with Gasteiger partial charge in [-0.1, -0.05) is 13.8 Å². The maximum absolute atomic E-state index is 12.4. The lowest BCUT2D eigenvalue weighted by atomic mass is 10.0. The third kappa shape index (κ3) is 4.26. The van der Waals surface area contributed by atoms with Crippen molar-refractivity contribution in [3.05, 3.63) is 17.5 Å². The SMILES string of the molecule is CC(C)c1nn(C)cc1CN(C(=O)CCl)[C@@H]1CC[C@H](CC#N)C1. The van der Waals surface area contributed by atoms with Crippen LogP contribution in [0.2, 0.25) is 0 Å². The standard InChI is InChI=1S/C17H25ClN4O/c1-12(2)17-14(10-21(3)20-17)11-22(16(23)9-18)15-5-4-13(8-15)6-7-19/h10,12-13,15H,4-6,8-9,11H2,1-3H3/t13-,15-/m1/s1. The van der Waals surface area contributed by atoms with Gasteiger partial charge in [0.05, 0.1) is 11.8 Å². The average Bonchev–Trinajstić information content (AvgIpc) is 3.11. The summed E-state index contributed by atoms with van der Waals surface area (Å²) in [4.78, 5) is 14.3. The van der Waals surface area contributed by atoms with Crippen LogP contribution in [0.5, 0.6) is 0 Å². The molecule has 0 spiro atoms. The molecule has 126 valence electrons. The second-order valence-corrected chi connectivity index (χ2v) is 6.99. The first-order chi connectivity index (χ1) is 11.0. The molecule has 0 saturated heterocycles. The second kappa shape index (κ2) is 7.83. The number of alkyl halides is 1. The van der Waals surface area contributed by atoms with Crippen LogP contribution in [-0.4, -0.2) is 32.5 Å². The van der Waals surface area contributed by atoms with Crippen molar-refractivity contribution in [3.63, 3.8) is 0 Å². The Labute approximate surface area is 143 Å². The molecule has 0 unspecified atom stereocenters. The van der Waals surface area contributed by atoms with Crippen molar-refractivity contribution in [2.75, 3.05) is 5.88 Å². The number of aryl methyl sites for hydroxylation is 1. The van der Waals surface area contributed by atoms with Gasteiger partial charge >= 0.3 is 0 Å². The molecular weight excluding hydrogens is 312 g/mol. The lowest BCUT2D eigenvalue weighted by Crippen LogP contribution is -2.39. The van der Waals surface area contributed by atoms with E-state index in [-0.39, 0.29) is 17.8 Å². The minimum atomic E-state index is -0.0344. The molecule has 0 N–H and O–H groups in total. The predicted octanol–water partition coefficient (Wildman–Crippen LogP) is 3.19. The molecule has 0 aliphatic heterocycles. The number of halogens is 1. The topological polar surface area (TPSA) is 61.9 Å². The molecule has 5 nitrogen and oxygen atoms in total. The van der Waals surface area contributed by atoms with Crippen LogP contribution in [0.4, 0.5) is 0 Å². The number of nitriles is 1. The molecule has 23 heavy (non-hydrogen) atoms. The summed E-state index contributed by atoms with van der Waals surface area (Å²) in [7, 11) is 1.90. The monoisotopic (exact) mass is 336 g/mol. The highest BCUT2D eigenvalue weighted by Gasteiger charge is 2.32. The molecule has 1 aromatic heterocycles. The van der Waals surface area contributed by atoms with Gasteiger partial charge in [0.1, 0.15) is 5.88 Å². The van der Waals surface area contributed by atoms with Crippen molar-refractivity contribution < 1.29 is 4.79 Å². The van der Waals surface area contributed by atoms with E-state index < -0.39 is 0 Å². The first-order valence-electron chi connectivity index (χ1n) is 8.21. The molecule has 1 aliphatic rings. The molecule has 6 heteroatoms. The summed E-state index contributed by atoms with van der Waals surface area (Å²) in [5.41, 5.74) is 2.12. The molecule has 1 aliphatic carbocycles. The summed E-state index contributed by atoms with van der Waals surface area (Å²) in [6.45, 7) is 4.77. The van der Waals surface area contributed by atoms with Gasteiger partial charge < -0.3 is 4.90 Å². The highest BCUT2D eigenvalue weighted by Crippen LogP contribution is 2.33. The van der Waals surface area contributed by atoms with E-state index in [0.717, 1.165) is 30.5 Å². The van der Waals surface area contributed by atoms with Crippen LogP contribution < -0.4 is 0 Å². The molecule has 0 aromatic carbocycles. The summed E-state index contributed by atoms with van der Waals surface area (Å²) in [6, 6.07) is 2.43. The molecule has 1 heterocycles. The summed E-state index contributed by atoms with van der Waals surface area (Å²) in [5, 5.41) is 13.4. The molecule has 1 amide bonds. The fraction of sp³-hybridized carbons (Fsp3) is 0.706. The largest absolute Gasteiger partial charge is 0.334 e. The van der Waals surface area contributed by atoms with Gasteiger partial charge in [0, 0.05) is 37.8 Å². The Morgan fingerprint density at radius 1 is 1.57 bits per heavy atom. The van der Waals surface area contributed by atoms with Gasteiger partial charge in [-0.05, 0) is 31.1 Å². The first-order valence-corrected chi connectivity index (χ1v) is 8.74. The zero-order valence-corrected chi connectivity index (χ0v) is 14.9. The molecule has 1 fully saturated rings. The van der Waals surface area contributed by atoms with Crippen LogP contribution in [-0.2, 0) is 18.4 Å². The smallest absolute Gasteiger partial charge is 0.238 e. The molecular formula is C17H25ClN4O. The number of nitrogens with zero attached hydrogens (tertiary/aromatic N) is 4. The third-order valence-corrected chi connectivity index (χ3v) is 4.82. The van der Waals surface area contributed by atoms with Gasteiger partial charge in [0.2, 0.25) is 5.91 Å². The van der Waals surface area contributed by atoms with Crippen LogP contribution in [0.15, 0.2) is 6.20 Å². The van der Waals surface area contributed by atoms with E-state index in [1.54, 1.807) is 4.68 Å². The quantitative estimate of drug-likeness (QED) is 0.749. The lowest BCUT2D eigenvalue weighted by Gasteiger charge is -2.29. The molecule has 0 radical (unpaired) electrons. The average molecular weight is 337 g/mol. The number of aromatic nitrogens is 2. The van der Waals surface area contributed by atoms with Crippen LogP contribution in [0.25, 0.3) is 0 Å². The molecule has 2 rings (SSSR count). The Morgan fingerprint density at radius 2 is 2.30 bits per heavy atom. The van der Waals surface area contributed by atoms with Crippen LogP contribution >= 0.6 is 11.6 Å². The van der Waals surface area contributed by atoms with Crippen molar-refractivity contribution >= 4 is 17.5 Å².